The highest BCUT2D eigenvalue weighted by molar-refractivity contribution is 7.89. The van der Waals surface area contributed by atoms with Gasteiger partial charge in [-0.05, 0) is 9.91 Å². The molecule has 0 saturated heterocycles. The second kappa shape index (κ2) is 5.36. The molecule has 1 aromatic heterocycles. The van der Waals surface area contributed by atoms with E-state index in [2.05, 4.69) is 14.9 Å². The first-order valence-corrected chi connectivity index (χ1v) is 6.13. The van der Waals surface area contributed by atoms with Crippen LogP contribution in [-0.2, 0) is 10.0 Å². The zero-order valence-corrected chi connectivity index (χ0v) is 10.3. The number of hydrogen-bond acceptors (Lipinski definition) is 6. The second-order valence-corrected chi connectivity index (χ2v) is 4.87. The van der Waals surface area contributed by atoms with E-state index in [1.54, 1.807) is 0 Å². The summed E-state index contributed by atoms with van der Waals surface area (Å²) in [5.41, 5.74) is -1.89. The molecule has 0 fully saturated rings. The van der Waals surface area contributed by atoms with Crippen LogP contribution in [0.4, 0.5) is 27.8 Å². The molecule has 0 saturated carbocycles. The minimum atomic E-state index is -5.59. The van der Waals surface area contributed by atoms with E-state index in [1.807, 2.05) is 0 Å². The number of sulfonamides is 1. The summed E-state index contributed by atoms with van der Waals surface area (Å²) in [5.74, 6) is -3.76. The topological polar surface area (TPSA) is 125 Å². The van der Waals surface area contributed by atoms with Gasteiger partial charge in [0.25, 0.3) is 6.43 Å². The van der Waals surface area contributed by atoms with Gasteiger partial charge in [0.05, 0.1) is 5.56 Å². The first-order chi connectivity index (χ1) is 9.34. The molecule has 1 heterocycles. The maximum Gasteiger partial charge on any atom is 0.573 e. The quantitative estimate of drug-likeness (QED) is 0.504. The number of nitrogens with two attached hydrogens (primary N) is 1. The molecule has 0 amide bonds. The monoisotopic (exact) mass is 337 g/mol. The molecular weight excluding hydrogens is 333 g/mol. The third kappa shape index (κ3) is 3.94. The minimum absolute atomic E-state index is 0.0538. The van der Waals surface area contributed by atoms with Crippen LogP contribution in [0.1, 0.15) is 12.0 Å². The van der Waals surface area contributed by atoms with Crippen molar-refractivity contribution in [3.63, 3.8) is 0 Å². The molecule has 21 heavy (non-hydrogen) atoms. The van der Waals surface area contributed by atoms with Crippen LogP contribution in [0.25, 0.3) is 0 Å². The molecule has 8 nitrogen and oxygen atoms in total. The van der Waals surface area contributed by atoms with Crippen LogP contribution in [-0.4, -0.2) is 24.7 Å². The van der Waals surface area contributed by atoms with Crippen molar-refractivity contribution >= 4 is 15.8 Å². The van der Waals surface area contributed by atoms with Crippen molar-refractivity contribution < 1.29 is 40.0 Å². The van der Waals surface area contributed by atoms with E-state index in [-0.39, 0.29) is 6.20 Å². The normalized spacial score (nSPS) is 12.5. The number of hydrogen-bond donors (Lipinski definition) is 1. The fourth-order valence-corrected chi connectivity index (χ4v) is 1.95. The number of nitro groups is 1. The predicted octanol–water partition coefficient (Wildman–Crippen LogP) is 1.47. The Kier molecular flexibility index (Phi) is 4.33. The number of alkyl halides is 5. The molecule has 0 aliphatic heterocycles. The first kappa shape index (κ1) is 17.0. The Balaban J connectivity index is 3.79. The van der Waals surface area contributed by atoms with Crippen LogP contribution >= 0.6 is 0 Å². The minimum Gasteiger partial charge on any atom is -0.396 e. The maximum atomic E-state index is 12.8. The lowest BCUT2D eigenvalue weighted by Crippen LogP contribution is -2.22. The fraction of sp³-hybridized carbons (Fsp3) is 0.286. The van der Waals surface area contributed by atoms with Crippen molar-refractivity contribution in [3.8, 4) is 5.75 Å². The Hall–Kier alpha value is -2.09. The average Bonchev–Trinajstić information content (AvgIpc) is 2.23. The third-order valence-corrected chi connectivity index (χ3v) is 2.87. The number of rotatable bonds is 4. The molecule has 0 aliphatic rings. The van der Waals surface area contributed by atoms with E-state index >= 15 is 0 Å². The zero-order valence-electron chi connectivity index (χ0n) is 9.47. The van der Waals surface area contributed by atoms with Crippen molar-refractivity contribution in [2.24, 2.45) is 5.14 Å². The number of halogens is 5. The van der Waals surface area contributed by atoms with Crippen LogP contribution in [0.15, 0.2) is 11.1 Å². The number of ether oxygens (including phenoxy) is 1. The number of pyridine rings is 1. The molecule has 0 aromatic carbocycles. The van der Waals surface area contributed by atoms with Crippen molar-refractivity contribution in [2.45, 2.75) is 17.7 Å². The van der Waals surface area contributed by atoms with Crippen LogP contribution in [0.2, 0.25) is 0 Å². The fourth-order valence-electron chi connectivity index (χ4n) is 1.26. The summed E-state index contributed by atoms with van der Waals surface area (Å²) in [6, 6.07) is 0. The smallest absolute Gasteiger partial charge is 0.396 e. The lowest BCUT2D eigenvalue weighted by molar-refractivity contribution is -0.393. The Morgan fingerprint density at radius 2 is 1.90 bits per heavy atom. The molecule has 0 spiro atoms. The number of nitrogens with zero attached hydrogens (tertiary/aromatic N) is 2. The molecule has 2 N–H and O–H groups in total. The standard InChI is InChI=1S/C7H4F5N3O5S/c8-5(9)3-2(21(13,18)19)1-14-6(15(16)17)4(3)20-7(10,11)12/h1,5H,(H2,13,18,19). The summed E-state index contributed by atoms with van der Waals surface area (Å²) in [5, 5.41) is 15.1. The largest absolute Gasteiger partial charge is 0.573 e. The van der Waals surface area contributed by atoms with Gasteiger partial charge >= 0.3 is 12.2 Å². The molecule has 1 aromatic rings. The molecule has 0 unspecified atom stereocenters. The number of aromatic nitrogens is 1. The lowest BCUT2D eigenvalue weighted by Gasteiger charge is -2.14. The van der Waals surface area contributed by atoms with E-state index in [4.69, 9.17) is 0 Å². The summed E-state index contributed by atoms with van der Waals surface area (Å²) in [4.78, 5) is 10.2. The van der Waals surface area contributed by atoms with Crippen molar-refractivity contribution in [2.75, 3.05) is 0 Å². The third-order valence-electron chi connectivity index (χ3n) is 1.93. The molecular formula is C7H4F5N3O5S. The van der Waals surface area contributed by atoms with Gasteiger partial charge in [-0.25, -0.2) is 22.3 Å². The molecule has 14 heteroatoms. The van der Waals surface area contributed by atoms with Gasteiger partial charge in [0.2, 0.25) is 15.8 Å². The second-order valence-electron chi connectivity index (χ2n) is 3.34. The molecule has 0 radical (unpaired) electrons. The predicted molar refractivity (Wildman–Crippen MR) is 53.9 cm³/mol. The summed E-state index contributed by atoms with van der Waals surface area (Å²) in [6.07, 6.45) is -9.39. The lowest BCUT2D eigenvalue weighted by atomic mass is 10.2. The molecule has 0 aliphatic carbocycles. The van der Waals surface area contributed by atoms with Gasteiger partial charge in [-0.15, -0.1) is 13.2 Å². The SMILES string of the molecule is NS(=O)(=O)c1cnc([N+](=O)[O-])c(OC(F)(F)F)c1C(F)F. The van der Waals surface area contributed by atoms with Gasteiger partial charge in [-0.2, -0.15) is 0 Å². The van der Waals surface area contributed by atoms with E-state index < -0.39 is 49.8 Å². The molecule has 0 atom stereocenters. The molecule has 118 valence electrons. The zero-order chi connectivity index (χ0) is 16.6. The van der Waals surface area contributed by atoms with E-state index in [0.29, 0.717) is 0 Å². The highest BCUT2D eigenvalue weighted by Crippen LogP contribution is 2.41. The van der Waals surface area contributed by atoms with Gasteiger partial charge in [0.1, 0.15) is 4.90 Å². The van der Waals surface area contributed by atoms with Gasteiger partial charge in [0.15, 0.2) is 6.20 Å². The Morgan fingerprint density at radius 3 is 2.24 bits per heavy atom. The molecule has 0 bridgehead atoms. The Morgan fingerprint density at radius 1 is 1.38 bits per heavy atom. The number of primary sulfonamides is 1. The van der Waals surface area contributed by atoms with Gasteiger partial charge in [-0.1, -0.05) is 0 Å². The molecule has 1 rings (SSSR count). The van der Waals surface area contributed by atoms with E-state index in [1.165, 1.54) is 0 Å². The first-order valence-electron chi connectivity index (χ1n) is 4.58. The summed E-state index contributed by atoms with van der Waals surface area (Å²) in [7, 11) is -4.91. The van der Waals surface area contributed by atoms with Gasteiger partial charge < -0.3 is 14.9 Å². The van der Waals surface area contributed by atoms with Crippen LogP contribution in [0.3, 0.4) is 0 Å². The summed E-state index contributed by atoms with van der Waals surface area (Å²) in [6.45, 7) is 0. The van der Waals surface area contributed by atoms with Crippen molar-refractivity contribution in [3.05, 3.63) is 21.9 Å². The van der Waals surface area contributed by atoms with Crippen LogP contribution in [0, 0.1) is 10.1 Å². The van der Waals surface area contributed by atoms with Gasteiger partial charge in [0, 0.05) is 0 Å². The van der Waals surface area contributed by atoms with Gasteiger partial charge in [-0.3, -0.25) is 0 Å². The average molecular weight is 337 g/mol. The highest BCUT2D eigenvalue weighted by atomic mass is 32.2. The van der Waals surface area contributed by atoms with E-state index in [9.17, 15) is 40.5 Å². The van der Waals surface area contributed by atoms with Crippen LogP contribution < -0.4 is 9.88 Å². The summed E-state index contributed by atoms with van der Waals surface area (Å²) < 4.78 is 87.3. The van der Waals surface area contributed by atoms with E-state index in [0.717, 1.165) is 0 Å². The van der Waals surface area contributed by atoms with Crippen LogP contribution in [0.5, 0.6) is 5.75 Å². The maximum absolute atomic E-state index is 12.8. The Bertz CT molecular complexity index is 674. The Labute approximate surface area is 112 Å². The van der Waals surface area contributed by atoms with Crippen molar-refractivity contribution in [1.29, 1.82) is 0 Å². The summed E-state index contributed by atoms with van der Waals surface area (Å²) >= 11 is 0. The van der Waals surface area contributed by atoms with Crippen molar-refractivity contribution in [1.82, 2.24) is 4.98 Å². The highest BCUT2D eigenvalue weighted by Gasteiger charge is 2.41.